The van der Waals surface area contributed by atoms with Crippen molar-refractivity contribution in [3.8, 4) is 0 Å². The number of hydrogen-bond acceptors (Lipinski definition) is 0. The normalized spacial score (nSPS) is 11.0. The minimum atomic E-state index is 0. The maximum atomic E-state index is 3.48. The summed E-state index contributed by atoms with van der Waals surface area (Å²) in [7, 11) is 0. The van der Waals surface area contributed by atoms with Crippen LogP contribution in [0.15, 0.2) is 6.07 Å². The fourth-order valence-electron chi connectivity index (χ4n) is 1.67. The summed E-state index contributed by atoms with van der Waals surface area (Å²) in [6.07, 6.45) is 0. The Balaban J connectivity index is 0.00000169. The minimum absolute atomic E-state index is 0. The molecule has 0 N–H and O–H groups in total. The Morgan fingerprint density at radius 1 is 1.00 bits per heavy atom. The van der Waals surface area contributed by atoms with E-state index in [-0.39, 0.29) is 26.5 Å². The van der Waals surface area contributed by atoms with Gasteiger partial charge in [0.25, 0.3) is 0 Å². The van der Waals surface area contributed by atoms with Crippen LogP contribution in [0.5, 0.6) is 0 Å². The topological polar surface area (TPSA) is 0 Å². The molecule has 78 valence electrons. The third-order valence-electron chi connectivity index (χ3n) is 2.48. The first-order valence-electron chi connectivity index (χ1n) is 4.83. The van der Waals surface area contributed by atoms with Gasteiger partial charge >= 0.3 is 0 Å². The summed E-state index contributed by atoms with van der Waals surface area (Å²) in [6.45, 7) is 13.2. The molecule has 0 spiro atoms. The molecule has 0 fully saturated rings. The SMILES string of the molecule is Cc1[c-]c(C(C)(C)C)c(C)cc1C.[W]. The van der Waals surface area contributed by atoms with E-state index in [1.54, 1.807) is 0 Å². The predicted octanol–water partition coefficient (Wildman–Crippen LogP) is 3.71. The van der Waals surface area contributed by atoms with Gasteiger partial charge in [-0.3, -0.25) is 0 Å². The third-order valence-corrected chi connectivity index (χ3v) is 2.48. The third kappa shape index (κ3) is 2.95. The average Bonchev–Trinajstić information content (AvgIpc) is 1.94. The molecule has 0 amide bonds. The second kappa shape index (κ2) is 4.62. The molecule has 0 saturated heterocycles. The molecule has 0 heterocycles. The van der Waals surface area contributed by atoms with Crippen molar-refractivity contribution in [2.24, 2.45) is 0 Å². The van der Waals surface area contributed by atoms with Gasteiger partial charge < -0.3 is 0 Å². The van der Waals surface area contributed by atoms with Crippen molar-refractivity contribution in [1.82, 2.24) is 0 Å². The quantitative estimate of drug-likeness (QED) is 0.620. The summed E-state index contributed by atoms with van der Waals surface area (Å²) in [5.74, 6) is 0. The summed E-state index contributed by atoms with van der Waals surface area (Å²) in [6, 6.07) is 5.74. The van der Waals surface area contributed by atoms with Crippen LogP contribution in [0.2, 0.25) is 0 Å². The molecule has 0 aliphatic heterocycles. The molecule has 1 heteroatoms. The Morgan fingerprint density at radius 2 is 1.50 bits per heavy atom. The van der Waals surface area contributed by atoms with Crippen LogP contribution < -0.4 is 0 Å². The number of rotatable bonds is 0. The molecular formula is C13H19W-. The van der Waals surface area contributed by atoms with Gasteiger partial charge in [-0.05, 0) is 5.41 Å². The van der Waals surface area contributed by atoms with Crippen molar-refractivity contribution >= 4 is 0 Å². The van der Waals surface area contributed by atoms with Gasteiger partial charge in [0.15, 0.2) is 0 Å². The molecule has 0 aliphatic carbocycles. The fraction of sp³-hybridized carbons (Fsp3) is 0.538. The summed E-state index contributed by atoms with van der Waals surface area (Å²) in [5.41, 5.74) is 5.52. The van der Waals surface area contributed by atoms with Crippen molar-refractivity contribution in [3.05, 3.63) is 34.4 Å². The van der Waals surface area contributed by atoms with E-state index in [1.807, 2.05) is 0 Å². The van der Waals surface area contributed by atoms with Gasteiger partial charge in [0, 0.05) is 21.1 Å². The van der Waals surface area contributed by atoms with E-state index >= 15 is 0 Å². The molecule has 0 unspecified atom stereocenters. The fourth-order valence-corrected chi connectivity index (χ4v) is 1.67. The molecule has 0 saturated carbocycles. The number of hydrogen-bond donors (Lipinski definition) is 0. The molecule has 0 nitrogen and oxygen atoms in total. The van der Waals surface area contributed by atoms with Crippen LogP contribution in [-0.4, -0.2) is 0 Å². The van der Waals surface area contributed by atoms with Crippen LogP contribution in [0.25, 0.3) is 0 Å². The molecule has 0 radical (unpaired) electrons. The largest absolute Gasteiger partial charge is 0.176 e. The van der Waals surface area contributed by atoms with Crippen LogP contribution >= 0.6 is 0 Å². The zero-order chi connectivity index (χ0) is 10.2. The van der Waals surface area contributed by atoms with Crippen molar-refractivity contribution in [2.75, 3.05) is 0 Å². The van der Waals surface area contributed by atoms with Crippen LogP contribution in [0.1, 0.15) is 43.0 Å². The first kappa shape index (κ1) is 13.9. The monoisotopic (exact) mass is 359 g/mol. The molecule has 1 aromatic rings. The van der Waals surface area contributed by atoms with Crippen LogP contribution in [0, 0.1) is 26.8 Å². The Hall–Kier alpha value is -0.0917. The molecule has 1 rings (SSSR count). The van der Waals surface area contributed by atoms with Gasteiger partial charge in [-0.25, -0.2) is 0 Å². The van der Waals surface area contributed by atoms with E-state index in [4.69, 9.17) is 0 Å². The standard InChI is InChI=1S/C13H19.W/c1-9-7-11(3)12(8-10(9)2)13(4,5)6;/h7H,1-6H3;/q-1;. The first-order valence-corrected chi connectivity index (χ1v) is 4.83. The van der Waals surface area contributed by atoms with Crippen molar-refractivity contribution < 1.29 is 21.1 Å². The summed E-state index contributed by atoms with van der Waals surface area (Å²) in [4.78, 5) is 0. The van der Waals surface area contributed by atoms with E-state index in [0.29, 0.717) is 0 Å². The van der Waals surface area contributed by atoms with Gasteiger partial charge in [-0.2, -0.15) is 34.4 Å². The summed E-state index contributed by atoms with van der Waals surface area (Å²) in [5, 5.41) is 0. The van der Waals surface area contributed by atoms with Gasteiger partial charge in [-0.1, -0.05) is 41.5 Å². The molecular weight excluding hydrogens is 340 g/mol. The smallest absolute Gasteiger partial charge is 0 e. The van der Waals surface area contributed by atoms with E-state index in [9.17, 15) is 0 Å². The second-order valence-corrected chi connectivity index (χ2v) is 4.89. The van der Waals surface area contributed by atoms with Gasteiger partial charge in [-0.15, -0.1) is 0 Å². The van der Waals surface area contributed by atoms with Crippen molar-refractivity contribution in [2.45, 2.75) is 47.0 Å². The van der Waals surface area contributed by atoms with E-state index in [1.165, 1.54) is 22.3 Å². The number of aryl methyl sites for hydroxylation is 3. The van der Waals surface area contributed by atoms with Gasteiger partial charge in [0.2, 0.25) is 0 Å². The molecule has 0 aromatic heterocycles. The second-order valence-electron chi connectivity index (χ2n) is 4.89. The first-order chi connectivity index (χ1) is 5.82. The predicted molar refractivity (Wildman–Crippen MR) is 58.2 cm³/mol. The summed E-state index contributed by atoms with van der Waals surface area (Å²) < 4.78 is 0. The zero-order valence-corrected chi connectivity index (χ0v) is 12.9. The van der Waals surface area contributed by atoms with Crippen LogP contribution in [0.4, 0.5) is 0 Å². The molecule has 0 bridgehead atoms. The minimum Gasteiger partial charge on any atom is -0.176 e. The zero-order valence-electron chi connectivity index (χ0n) is 9.99. The summed E-state index contributed by atoms with van der Waals surface area (Å²) >= 11 is 0. The van der Waals surface area contributed by atoms with Crippen LogP contribution in [0.3, 0.4) is 0 Å². The molecule has 0 atom stereocenters. The maximum absolute atomic E-state index is 3.48. The Morgan fingerprint density at radius 3 is 1.93 bits per heavy atom. The Labute approximate surface area is 102 Å². The molecule has 0 aliphatic rings. The van der Waals surface area contributed by atoms with E-state index < -0.39 is 0 Å². The average molecular weight is 359 g/mol. The van der Waals surface area contributed by atoms with Gasteiger partial charge in [0.1, 0.15) is 0 Å². The van der Waals surface area contributed by atoms with Crippen molar-refractivity contribution in [3.63, 3.8) is 0 Å². The van der Waals surface area contributed by atoms with E-state index in [2.05, 4.69) is 53.7 Å². The Kier molecular flexibility index (Phi) is 4.59. The van der Waals surface area contributed by atoms with Gasteiger partial charge in [0.05, 0.1) is 0 Å². The maximum Gasteiger partial charge on any atom is 0 e. The molecule has 1 aromatic carbocycles. The Bertz CT molecular complexity index is 319. The van der Waals surface area contributed by atoms with Crippen molar-refractivity contribution in [1.29, 1.82) is 0 Å². The van der Waals surface area contributed by atoms with E-state index in [0.717, 1.165) is 0 Å². The number of benzene rings is 1. The van der Waals surface area contributed by atoms with Crippen LogP contribution in [-0.2, 0) is 26.5 Å². The molecule has 14 heavy (non-hydrogen) atoms.